The third-order valence-electron chi connectivity index (χ3n) is 2.11. The number of hydrogen-bond acceptors (Lipinski definition) is 0. The molecule has 78 valence electrons. The third-order valence-corrected chi connectivity index (χ3v) is 5.43. The van der Waals surface area contributed by atoms with Crippen molar-refractivity contribution >= 4 is 47.8 Å². The highest BCUT2D eigenvalue weighted by atomic mass is 79.9. The lowest BCUT2D eigenvalue weighted by Gasteiger charge is -2.04. The van der Waals surface area contributed by atoms with Gasteiger partial charge in [-0.25, -0.2) is 0 Å². The highest BCUT2D eigenvalue weighted by molar-refractivity contribution is 9.14. The minimum atomic E-state index is 0.867. The smallest absolute Gasteiger partial charge is 0.101 e. The molecule has 2 rings (SSSR count). The van der Waals surface area contributed by atoms with Crippen LogP contribution in [0.1, 0.15) is 5.56 Å². The lowest BCUT2D eigenvalue weighted by molar-refractivity contribution is 0.785. The maximum atomic E-state index is 3.54. The van der Waals surface area contributed by atoms with Crippen molar-refractivity contribution in [2.75, 3.05) is 0 Å². The molecule has 1 heterocycles. The van der Waals surface area contributed by atoms with Crippen LogP contribution in [0.4, 0.5) is 0 Å². The van der Waals surface area contributed by atoms with Crippen LogP contribution >= 0.6 is 47.8 Å². The summed E-state index contributed by atoms with van der Waals surface area (Å²) in [5.41, 5.74) is 1.29. The molecule has 0 spiro atoms. The van der Waals surface area contributed by atoms with Gasteiger partial charge in [-0.1, -0.05) is 30.3 Å². The Kier molecular flexibility index (Phi) is 3.69. The van der Waals surface area contributed by atoms with Crippen LogP contribution in [-0.2, 0) is 6.54 Å². The van der Waals surface area contributed by atoms with E-state index in [-0.39, 0.29) is 0 Å². The third kappa shape index (κ3) is 2.55. The summed E-state index contributed by atoms with van der Waals surface area (Å²) in [5, 5.41) is 0. The fourth-order valence-corrected chi connectivity index (χ4v) is 2.84. The van der Waals surface area contributed by atoms with E-state index in [1.165, 1.54) is 5.56 Å². The van der Waals surface area contributed by atoms with E-state index >= 15 is 0 Å². The molecule has 1 nitrogen and oxygen atoms in total. The maximum absolute atomic E-state index is 3.54. The monoisotopic (exact) mass is 391 g/mol. The fourth-order valence-electron chi connectivity index (χ4n) is 1.37. The first kappa shape index (κ1) is 11.4. The topological polar surface area (TPSA) is 4.93 Å². The Balaban J connectivity index is 2.29. The molecule has 0 saturated carbocycles. The Morgan fingerprint density at radius 3 is 2.20 bits per heavy atom. The summed E-state index contributed by atoms with van der Waals surface area (Å²) in [5.74, 6) is 0. The summed E-state index contributed by atoms with van der Waals surface area (Å²) >= 11 is 10.5. The van der Waals surface area contributed by atoms with Gasteiger partial charge in [0.1, 0.15) is 4.60 Å². The van der Waals surface area contributed by atoms with Crippen molar-refractivity contribution in [2.45, 2.75) is 6.54 Å². The van der Waals surface area contributed by atoms with Crippen LogP contribution in [0.3, 0.4) is 0 Å². The molecule has 0 fully saturated rings. The zero-order valence-corrected chi connectivity index (χ0v) is 12.5. The molecule has 0 aliphatic heterocycles. The number of rotatable bonds is 2. The van der Waals surface area contributed by atoms with Gasteiger partial charge in [0.15, 0.2) is 0 Å². The van der Waals surface area contributed by atoms with Crippen LogP contribution in [0.25, 0.3) is 0 Å². The second-order valence-electron chi connectivity index (χ2n) is 3.20. The predicted octanol–water partition coefficient (Wildman–Crippen LogP) is 4.82. The summed E-state index contributed by atoms with van der Waals surface area (Å²) in [7, 11) is 0. The second kappa shape index (κ2) is 4.85. The van der Waals surface area contributed by atoms with Crippen molar-refractivity contribution in [3.63, 3.8) is 0 Å². The van der Waals surface area contributed by atoms with Crippen molar-refractivity contribution in [3.05, 3.63) is 55.6 Å². The number of benzene rings is 1. The van der Waals surface area contributed by atoms with Crippen molar-refractivity contribution in [3.8, 4) is 0 Å². The van der Waals surface area contributed by atoms with Crippen LogP contribution in [-0.4, -0.2) is 4.57 Å². The number of halogens is 3. The van der Waals surface area contributed by atoms with E-state index in [1.54, 1.807) is 0 Å². The first-order chi connectivity index (χ1) is 7.18. The molecule has 1 aromatic carbocycles. The summed E-state index contributed by atoms with van der Waals surface area (Å²) in [6, 6.07) is 10.4. The average molecular weight is 394 g/mol. The van der Waals surface area contributed by atoms with E-state index in [1.807, 2.05) is 6.07 Å². The standard InChI is InChI=1S/C11H8Br3N/c12-9-7-15(11(14)10(9)13)6-8-4-2-1-3-5-8/h1-5,7H,6H2. The molecule has 0 amide bonds. The van der Waals surface area contributed by atoms with Crippen LogP contribution in [0, 0.1) is 0 Å². The van der Waals surface area contributed by atoms with Gasteiger partial charge in [-0.2, -0.15) is 0 Å². The molecule has 0 unspecified atom stereocenters. The molecule has 2 aromatic rings. The molecular weight excluding hydrogens is 386 g/mol. The SMILES string of the molecule is Brc1cn(Cc2ccccc2)c(Br)c1Br. The van der Waals surface area contributed by atoms with Crippen LogP contribution in [0.15, 0.2) is 50.1 Å². The van der Waals surface area contributed by atoms with Crippen LogP contribution in [0.2, 0.25) is 0 Å². The van der Waals surface area contributed by atoms with Crippen LogP contribution < -0.4 is 0 Å². The highest BCUT2D eigenvalue weighted by Crippen LogP contribution is 2.33. The lowest BCUT2D eigenvalue weighted by atomic mass is 10.2. The van der Waals surface area contributed by atoms with E-state index in [0.29, 0.717) is 0 Å². The molecule has 0 N–H and O–H groups in total. The van der Waals surface area contributed by atoms with E-state index in [4.69, 9.17) is 0 Å². The van der Waals surface area contributed by atoms with Gasteiger partial charge in [-0.15, -0.1) is 0 Å². The Bertz CT molecular complexity index is 462. The minimum Gasteiger partial charge on any atom is -0.336 e. The van der Waals surface area contributed by atoms with Gasteiger partial charge in [-0.05, 0) is 53.4 Å². The fraction of sp³-hybridized carbons (Fsp3) is 0.0909. The minimum absolute atomic E-state index is 0.867. The Labute approximate surface area is 114 Å². The van der Waals surface area contributed by atoms with Crippen molar-refractivity contribution in [1.82, 2.24) is 4.57 Å². The quantitative estimate of drug-likeness (QED) is 0.689. The average Bonchev–Trinajstić information content (AvgIpc) is 2.48. The molecule has 0 bridgehead atoms. The van der Waals surface area contributed by atoms with E-state index in [0.717, 1.165) is 20.1 Å². The molecule has 0 saturated heterocycles. The first-order valence-electron chi connectivity index (χ1n) is 4.42. The van der Waals surface area contributed by atoms with E-state index in [2.05, 4.69) is 82.8 Å². The molecule has 4 heteroatoms. The Morgan fingerprint density at radius 1 is 1.00 bits per heavy atom. The van der Waals surface area contributed by atoms with Gasteiger partial charge in [0.2, 0.25) is 0 Å². The van der Waals surface area contributed by atoms with Crippen molar-refractivity contribution in [1.29, 1.82) is 0 Å². The second-order valence-corrected chi connectivity index (χ2v) is 5.59. The molecular formula is C11H8Br3N. The van der Waals surface area contributed by atoms with Gasteiger partial charge in [0.25, 0.3) is 0 Å². The van der Waals surface area contributed by atoms with E-state index in [9.17, 15) is 0 Å². The predicted molar refractivity (Wildman–Crippen MR) is 73.1 cm³/mol. The molecule has 15 heavy (non-hydrogen) atoms. The zero-order valence-electron chi connectivity index (χ0n) is 7.75. The Morgan fingerprint density at radius 2 is 1.67 bits per heavy atom. The first-order valence-corrected chi connectivity index (χ1v) is 6.80. The largest absolute Gasteiger partial charge is 0.336 e. The molecule has 1 aromatic heterocycles. The van der Waals surface area contributed by atoms with Gasteiger partial charge in [0.05, 0.1) is 8.95 Å². The number of aromatic nitrogens is 1. The van der Waals surface area contributed by atoms with Gasteiger partial charge in [-0.3, -0.25) is 0 Å². The summed E-state index contributed by atoms with van der Waals surface area (Å²) in [4.78, 5) is 0. The number of hydrogen-bond donors (Lipinski definition) is 0. The van der Waals surface area contributed by atoms with Gasteiger partial charge >= 0.3 is 0 Å². The Hall–Kier alpha value is -0.0600. The van der Waals surface area contributed by atoms with E-state index < -0.39 is 0 Å². The molecule has 0 aliphatic carbocycles. The van der Waals surface area contributed by atoms with Crippen molar-refractivity contribution < 1.29 is 0 Å². The summed E-state index contributed by atoms with van der Waals surface area (Å²) in [6.07, 6.45) is 2.06. The molecule has 0 atom stereocenters. The van der Waals surface area contributed by atoms with Crippen LogP contribution in [0.5, 0.6) is 0 Å². The normalized spacial score (nSPS) is 10.6. The summed E-state index contributed by atoms with van der Waals surface area (Å²) < 4.78 is 5.31. The molecule has 0 radical (unpaired) electrons. The maximum Gasteiger partial charge on any atom is 0.101 e. The lowest BCUT2D eigenvalue weighted by Crippen LogP contribution is -1.97. The zero-order chi connectivity index (χ0) is 10.8. The molecule has 0 aliphatic rings. The highest BCUT2D eigenvalue weighted by Gasteiger charge is 2.09. The summed E-state index contributed by atoms with van der Waals surface area (Å²) in [6.45, 7) is 0.867. The van der Waals surface area contributed by atoms with Gasteiger partial charge in [0, 0.05) is 12.7 Å². The van der Waals surface area contributed by atoms with Crippen molar-refractivity contribution in [2.24, 2.45) is 0 Å². The number of nitrogens with zero attached hydrogens (tertiary/aromatic N) is 1. The van der Waals surface area contributed by atoms with Gasteiger partial charge < -0.3 is 4.57 Å².